The van der Waals surface area contributed by atoms with Crippen molar-refractivity contribution in [3.8, 4) is 0 Å². The minimum Gasteiger partial charge on any atom is -0.384 e. The van der Waals surface area contributed by atoms with Gasteiger partial charge in [-0.15, -0.1) is 0 Å². The molecular weight excluding hydrogens is 279 g/mol. The van der Waals surface area contributed by atoms with Crippen LogP contribution in [0.15, 0.2) is 54.7 Å². The zero-order valence-corrected chi connectivity index (χ0v) is 12.4. The average molecular weight is 298 g/mol. The third-order valence-electron chi connectivity index (χ3n) is 3.94. The van der Waals surface area contributed by atoms with Crippen LogP contribution in [-0.4, -0.2) is 16.6 Å². The van der Waals surface area contributed by atoms with Crippen molar-refractivity contribution in [1.82, 2.24) is 10.3 Å². The van der Waals surface area contributed by atoms with Gasteiger partial charge in [-0.1, -0.05) is 24.3 Å². The van der Waals surface area contributed by atoms with Gasteiger partial charge in [0.25, 0.3) is 0 Å². The maximum Gasteiger partial charge on any atom is 0.123 e. The van der Waals surface area contributed by atoms with Crippen molar-refractivity contribution in [2.24, 2.45) is 0 Å². The highest BCUT2D eigenvalue weighted by atomic mass is 19.1. The number of aromatic amines is 1. The number of rotatable bonds is 5. The van der Waals surface area contributed by atoms with E-state index in [-0.39, 0.29) is 5.82 Å². The first kappa shape index (κ1) is 14.8. The Labute approximate surface area is 128 Å². The van der Waals surface area contributed by atoms with Gasteiger partial charge >= 0.3 is 0 Å². The third kappa shape index (κ3) is 3.03. The van der Waals surface area contributed by atoms with Gasteiger partial charge in [0.05, 0.1) is 5.60 Å². The van der Waals surface area contributed by atoms with E-state index in [2.05, 4.69) is 16.4 Å². The lowest BCUT2D eigenvalue weighted by molar-refractivity contribution is 0.0566. The molecule has 0 fully saturated rings. The van der Waals surface area contributed by atoms with Crippen molar-refractivity contribution >= 4 is 10.9 Å². The van der Waals surface area contributed by atoms with Crippen LogP contribution in [0.1, 0.15) is 18.1 Å². The molecule has 114 valence electrons. The van der Waals surface area contributed by atoms with E-state index in [0.717, 1.165) is 5.52 Å². The second kappa shape index (κ2) is 5.91. The van der Waals surface area contributed by atoms with E-state index in [1.54, 1.807) is 19.1 Å². The lowest BCUT2D eigenvalue weighted by atomic mass is 9.96. The SMILES string of the molecule is CC(O)(CNCc1cccc2[nH]ccc12)c1ccc(F)cc1. The molecule has 1 aromatic heterocycles. The molecule has 3 N–H and O–H groups in total. The fourth-order valence-electron chi connectivity index (χ4n) is 2.66. The Morgan fingerprint density at radius 3 is 2.68 bits per heavy atom. The predicted octanol–water partition coefficient (Wildman–Crippen LogP) is 3.30. The van der Waals surface area contributed by atoms with Gasteiger partial charge in [0.2, 0.25) is 0 Å². The van der Waals surface area contributed by atoms with E-state index >= 15 is 0 Å². The Kier molecular flexibility index (Phi) is 3.96. The number of aromatic nitrogens is 1. The van der Waals surface area contributed by atoms with Crippen molar-refractivity contribution in [3.63, 3.8) is 0 Å². The van der Waals surface area contributed by atoms with Crippen LogP contribution in [0.5, 0.6) is 0 Å². The molecule has 0 aliphatic carbocycles. The van der Waals surface area contributed by atoms with E-state index in [4.69, 9.17) is 0 Å². The third-order valence-corrected chi connectivity index (χ3v) is 3.94. The van der Waals surface area contributed by atoms with E-state index in [0.29, 0.717) is 18.7 Å². The first-order chi connectivity index (χ1) is 10.6. The molecule has 22 heavy (non-hydrogen) atoms. The maximum absolute atomic E-state index is 13.0. The van der Waals surface area contributed by atoms with Crippen molar-refractivity contribution in [2.45, 2.75) is 19.1 Å². The summed E-state index contributed by atoms with van der Waals surface area (Å²) in [6.45, 7) is 2.77. The fraction of sp³-hybridized carbons (Fsp3) is 0.222. The van der Waals surface area contributed by atoms with Crippen molar-refractivity contribution in [2.75, 3.05) is 6.54 Å². The lowest BCUT2D eigenvalue weighted by Gasteiger charge is -2.24. The molecule has 0 aliphatic heterocycles. The Balaban J connectivity index is 1.67. The summed E-state index contributed by atoms with van der Waals surface area (Å²) in [6.07, 6.45) is 1.92. The Hall–Kier alpha value is -2.17. The summed E-state index contributed by atoms with van der Waals surface area (Å²) in [4.78, 5) is 3.19. The van der Waals surface area contributed by atoms with Gasteiger partial charge < -0.3 is 15.4 Å². The maximum atomic E-state index is 13.0. The molecule has 4 heteroatoms. The largest absolute Gasteiger partial charge is 0.384 e. The molecule has 0 bridgehead atoms. The molecule has 0 saturated carbocycles. The minimum absolute atomic E-state index is 0.299. The summed E-state index contributed by atoms with van der Waals surface area (Å²) >= 11 is 0. The van der Waals surface area contributed by atoms with Crippen molar-refractivity contribution in [3.05, 3.63) is 71.7 Å². The molecule has 3 rings (SSSR count). The van der Waals surface area contributed by atoms with E-state index in [1.807, 2.05) is 24.4 Å². The van der Waals surface area contributed by atoms with Crippen LogP contribution in [-0.2, 0) is 12.1 Å². The van der Waals surface area contributed by atoms with E-state index in [1.165, 1.54) is 23.1 Å². The van der Waals surface area contributed by atoms with Gasteiger partial charge in [-0.2, -0.15) is 0 Å². The first-order valence-electron chi connectivity index (χ1n) is 7.30. The normalized spacial score (nSPS) is 14.1. The van der Waals surface area contributed by atoms with E-state index in [9.17, 15) is 9.50 Å². The molecule has 2 aromatic carbocycles. The van der Waals surface area contributed by atoms with Gasteiger partial charge in [-0.25, -0.2) is 4.39 Å². The summed E-state index contributed by atoms with van der Waals surface area (Å²) in [5.41, 5.74) is 1.93. The molecule has 0 radical (unpaired) electrons. The van der Waals surface area contributed by atoms with Gasteiger partial charge in [0.1, 0.15) is 5.82 Å². The molecule has 0 aliphatic rings. The van der Waals surface area contributed by atoms with Crippen molar-refractivity contribution < 1.29 is 9.50 Å². The quantitative estimate of drug-likeness (QED) is 0.677. The van der Waals surface area contributed by atoms with Crippen LogP contribution in [0.3, 0.4) is 0 Å². The fourth-order valence-corrected chi connectivity index (χ4v) is 2.66. The molecule has 0 spiro atoms. The zero-order chi connectivity index (χ0) is 15.6. The molecule has 1 heterocycles. The second-order valence-electron chi connectivity index (χ2n) is 5.74. The number of hydrogen-bond donors (Lipinski definition) is 3. The second-order valence-corrected chi connectivity index (χ2v) is 5.74. The molecular formula is C18H19FN2O. The standard InChI is InChI=1S/C18H19FN2O/c1-18(22,14-5-7-15(19)8-6-14)12-20-11-13-3-2-4-17-16(13)9-10-21-17/h2-10,20-22H,11-12H2,1H3. The van der Waals surface area contributed by atoms with Gasteiger partial charge in [-0.3, -0.25) is 0 Å². The molecule has 3 nitrogen and oxygen atoms in total. The summed E-state index contributed by atoms with van der Waals surface area (Å²) in [5, 5.41) is 15.0. The number of halogens is 1. The highest BCUT2D eigenvalue weighted by molar-refractivity contribution is 5.82. The molecule has 1 unspecified atom stereocenters. The number of H-pyrrole nitrogens is 1. The Morgan fingerprint density at radius 1 is 1.14 bits per heavy atom. The first-order valence-corrected chi connectivity index (χ1v) is 7.30. The topological polar surface area (TPSA) is 48.0 Å². The van der Waals surface area contributed by atoms with Crippen molar-refractivity contribution in [1.29, 1.82) is 0 Å². The smallest absolute Gasteiger partial charge is 0.123 e. The monoisotopic (exact) mass is 298 g/mol. The van der Waals surface area contributed by atoms with Gasteiger partial charge in [0.15, 0.2) is 0 Å². The Bertz CT molecular complexity index is 762. The summed E-state index contributed by atoms with van der Waals surface area (Å²) in [6, 6.07) is 14.1. The molecule has 0 amide bonds. The van der Waals surface area contributed by atoms with Crippen LogP contribution in [0.25, 0.3) is 10.9 Å². The summed E-state index contributed by atoms with van der Waals surface area (Å²) in [7, 11) is 0. The van der Waals surface area contributed by atoms with Gasteiger partial charge in [-0.05, 0) is 42.3 Å². The lowest BCUT2D eigenvalue weighted by Crippen LogP contribution is -2.35. The Morgan fingerprint density at radius 2 is 1.91 bits per heavy atom. The number of nitrogens with one attached hydrogen (secondary N) is 2. The molecule has 1 atom stereocenters. The summed E-state index contributed by atoms with van der Waals surface area (Å²) < 4.78 is 13.0. The van der Waals surface area contributed by atoms with Crippen LogP contribution in [0, 0.1) is 5.82 Å². The van der Waals surface area contributed by atoms with Crippen LogP contribution >= 0.6 is 0 Å². The van der Waals surface area contributed by atoms with Crippen LogP contribution in [0.2, 0.25) is 0 Å². The van der Waals surface area contributed by atoms with Crippen LogP contribution in [0.4, 0.5) is 4.39 Å². The number of hydrogen-bond acceptors (Lipinski definition) is 2. The average Bonchev–Trinajstić information content (AvgIpc) is 2.97. The van der Waals surface area contributed by atoms with Crippen LogP contribution < -0.4 is 5.32 Å². The van der Waals surface area contributed by atoms with E-state index < -0.39 is 5.60 Å². The summed E-state index contributed by atoms with van der Waals surface area (Å²) in [5.74, 6) is -0.299. The van der Waals surface area contributed by atoms with Gasteiger partial charge in [0, 0.05) is 30.2 Å². The predicted molar refractivity (Wildman–Crippen MR) is 86.0 cm³/mol. The minimum atomic E-state index is -1.04. The number of fused-ring (bicyclic) bond motifs is 1. The molecule has 0 saturated heterocycles. The zero-order valence-electron chi connectivity index (χ0n) is 12.4. The number of benzene rings is 2. The number of aliphatic hydroxyl groups is 1. The highest BCUT2D eigenvalue weighted by Crippen LogP contribution is 2.21. The highest BCUT2D eigenvalue weighted by Gasteiger charge is 2.22. The molecule has 3 aromatic rings.